The van der Waals surface area contributed by atoms with Crippen LogP contribution in [0.5, 0.6) is 5.75 Å². The van der Waals surface area contributed by atoms with Gasteiger partial charge in [-0.25, -0.2) is 8.78 Å². The molecule has 0 atom stereocenters. The molecule has 5 heteroatoms. The molecule has 19 heavy (non-hydrogen) atoms. The van der Waals surface area contributed by atoms with Crippen molar-refractivity contribution < 1.29 is 13.5 Å². The maximum Gasteiger partial charge on any atom is 0.146 e. The van der Waals surface area contributed by atoms with Crippen molar-refractivity contribution in [3.8, 4) is 5.75 Å². The topological polar surface area (TPSA) is 21.3 Å². The second-order valence-corrected chi connectivity index (χ2v) is 4.71. The van der Waals surface area contributed by atoms with E-state index in [1.54, 1.807) is 24.3 Å². The molecule has 100 valence electrons. The standard InChI is InChI=1S/C14H12BrF2NO/c1-19-10-5-6-11(16)13(7-10)18-8-9-3-2-4-12(17)14(9)15/h2-7,18H,8H2,1H3. The molecule has 2 aromatic carbocycles. The van der Waals surface area contributed by atoms with Gasteiger partial charge in [0.15, 0.2) is 0 Å². The van der Waals surface area contributed by atoms with E-state index in [2.05, 4.69) is 21.2 Å². The Morgan fingerprint density at radius 1 is 1.16 bits per heavy atom. The van der Waals surface area contributed by atoms with E-state index in [9.17, 15) is 8.78 Å². The number of rotatable bonds is 4. The van der Waals surface area contributed by atoms with E-state index in [4.69, 9.17) is 4.74 Å². The van der Waals surface area contributed by atoms with Crippen LogP contribution in [0, 0.1) is 11.6 Å². The van der Waals surface area contributed by atoms with Crippen molar-refractivity contribution in [1.82, 2.24) is 0 Å². The highest BCUT2D eigenvalue weighted by atomic mass is 79.9. The van der Waals surface area contributed by atoms with E-state index in [1.165, 1.54) is 19.2 Å². The largest absolute Gasteiger partial charge is 0.497 e. The van der Waals surface area contributed by atoms with Gasteiger partial charge in [0.2, 0.25) is 0 Å². The summed E-state index contributed by atoms with van der Waals surface area (Å²) in [5.41, 5.74) is 1.03. The Bertz CT molecular complexity index is 590. The molecule has 0 bridgehead atoms. The quantitative estimate of drug-likeness (QED) is 0.901. The average molecular weight is 328 g/mol. The zero-order valence-corrected chi connectivity index (χ0v) is 11.8. The Kier molecular flexibility index (Phi) is 4.37. The highest BCUT2D eigenvalue weighted by Crippen LogP contribution is 2.24. The minimum absolute atomic E-state index is 0.308. The van der Waals surface area contributed by atoms with Crippen LogP contribution in [-0.4, -0.2) is 7.11 Å². The van der Waals surface area contributed by atoms with E-state index in [0.29, 0.717) is 28.0 Å². The van der Waals surface area contributed by atoms with Crippen LogP contribution in [0.25, 0.3) is 0 Å². The van der Waals surface area contributed by atoms with E-state index >= 15 is 0 Å². The van der Waals surface area contributed by atoms with Crippen LogP contribution < -0.4 is 10.1 Å². The summed E-state index contributed by atoms with van der Waals surface area (Å²) >= 11 is 3.17. The monoisotopic (exact) mass is 327 g/mol. The van der Waals surface area contributed by atoms with Crippen LogP contribution in [0.2, 0.25) is 0 Å². The maximum atomic E-state index is 13.6. The third-order valence-electron chi connectivity index (χ3n) is 2.67. The molecule has 0 aliphatic carbocycles. The molecular weight excluding hydrogens is 316 g/mol. The summed E-state index contributed by atoms with van der Waals surface area (Å²) < 4.78 is 32.3. The van der Waals surface area contributed by atoms with Crippen LogP contribution in [0.3, 0.4) is 0 Å². The maximum absolute atomic E-state index is 13.6. The first kappa shape index (κ1) is 13.8. The number of ether oxygens (including phenoxy) is 1. The molecular formula is C14H12BrF2NO. The molecule has 0 fully saturated rings. The lowest BCUT2D eigenvalue weighted by molar-refractivity contribution is 0.414. The van der Waals surface area contributed by atoms with Crippen LogP contribution in [-0.2, 0) is 6.54 Å². The lowest BCUT2D eigenvalue weighted by Crippen LogP contribution is -2.03. The normalized spacial score (nSPS) is 10.3. The summed E-state index contributed by atoms with van der Waals surface area (Å²) in [6.07, 6.45) is 0. The third kappa shape index (κ3) is 3.23. The van der Waals surface area contributed by atoms with Gasteiger partial charge in [-0.1, -0.05) is 12.1 Å². The van der Waals surface area contributed by atoms with Gasteiger partial charge < -0.3 is 10.1 Å². The van der Waals surface area contributed by atoms with Crippen LogP contribution >= 0.6 is 15.9 Å². The third-order valence-corrected chi connectivity index (χ3v) is 3.56. The summed E-state index contributed by atoms with van der Waals surface area (Å²) in [5.74, 6) is -0.166. The Balaban J connectivity index is 2.16. The van der Waals surface area contributed by atoms with Crippen molar-refractivity contribution in [3.05, 3.63) is 58.1 Å². The van der Waals surface area contributed by atoms with Gasteiger partial charge in [0.25, 0.3) is 0 Å². The van der Waals surface area contributed by atoms with Crippen molar-refractivity contribution in [1.29, 1.82) is 0 Å². The minimum atomic E-state index is -0.381. The number of halogens is 3. The molecule has 0 aliphatic rings. The van der Waals surface area contributed by atoms with Crippen molar-refractivity contribution in [2.75, 3.05) is 12.4 Å². The second kappa shape index (κ2) is 6.02. The predicted molar refractivity (Wildman–Crippen MR) is 74.4 cm³/mol. The van der Waals surface area contributed by atoms with Crippen molar-refractivity contribution in [2.45, 2.75) is 6.54 Å². The zero-order chi connectivity index (χ0) is 13.8. The number of anilines is 1. The number of methoxy groups -OCH3 is 1. The molecule has 0 radical (unpaired) electrons. The van der Waals surface area contributed by atoms with Crippen molar-refractivity contribution >= 4 is 21.6 Å². The molecule has 2 rings (SSSR count). The molecule has 0 unspecified atom stereocenters. The first-order valence-electron chi connectivity index (χ1n) is 5.62. The zero-order valence-electron chi connectivity index (χ0n) is 10.2. The van der Waals surface area contributed by atoms with Crippen molar-refractivity contribution in [3.63, 3.8) is 0 Å². The van der Waals surface area contributed by atoms with E-state index in [0.717, 1.165) is 0 Å². The summed E-state index contributed by atoms with van der Waals surface area (Å²) in [6, 6.07) is 9.15. The summed E-state index contributed by atoms with van der Waals surface area (Å²) in [5, 5.41) is 2.92. The van der Waals surface area contributed by atoms with E-state index in [-0.39, 0.29) is 11.6 Å². The Morgan fingerprint density at radius 3 is 2.68 bits per heavy atom. The number of hydrogen-bond acceptors (Lipinski definition) is 2. The van der Waals surface area contributed by atoms with Gasteiger partial charge in [-0.2, -0.15) is 0 Å². The smallest absolute Gasteiger partial charge is 0.146 e. The first-order chi connectivity index (χ1) is 9.11. The summed E-state index contributed by atoms with van der Waals surface area (Å²) in [7, 11) is 1.51. The van der Waals surface area contributed by atoms with Gasteiger partial charge in [0, 0.05) is 12.6 Å². The molecule has 0 amide bonds. The molecule has 0 aromatic heterocycles. The van der Waals surface area contributed by atoms with Crippen LogP contribution in [0.15, 0.2) is 40.9 Å². The van der Waals surface area contributed by atoms with Crippen LogP contribution in [0.4, 0.5) is 14.5 Å². The van der Waals surface area contributed by atoms with E-state index in [1.807, 2.05) is 0 Å². The molecule has 2 nitrogen and oxygen atoms in total. The van der Waals surface area contributed by atoms with E-state index < -0.39 is 0 Å². The molecule has 0 heterocycles. The summed E-state index contributed by atoms with van der Waals surface area (Å²) in [6.45, 7) is 0.308. The van der Waals surface area contributed by atoms with Gasteiger partial charge in [-0.15, -0.1) is 0 Å². The molecule has 0 saturated carbocycles. The second-order valence-electron chi connectivity index (χ2n) is 3.91. The molecule has 2 aromatic rings. The molecule has 0 aliphatic heterocycles. The number of nitrogens with one attached hydrogen (secondary N) is 1. The fourth-order valence-electron chi connectivity index (χ4n) is 1.64. The highest BCUT2D eigenvalue weighted by molar-refractivity contribution is 9.10. The first-order valence-corrected chi connectivity index (χ1v) is 6.41. The lowest BCUT2D eigenvalue weighted by atomic mass is 10.2. The molecule has 0 saturated heterocycles. The summed E-state index contributed by atoms with van der Waals surface area (Å²) in [4.78, 5) is 0. The molecule has 1 N–H and O–H groups in total. The SMILES string of the molecule is COc1ccc(F)c(NCc2cccc(F)c2Br)c1. The Hall–Kier alpha value is -1.62. The highest BCUT2D eigenvalue weighted by Gasteiger charge is 2.07. The minimum Gasteiger partial charge on any atom is -0.497 e. The van der Waals surface area contributed by atoms with Gasteiger partial charge in [0.05, 0.1) is 17.3 Å². The fourth-order valence-corrected chi connectivity index (χ4v) is 2.05. The Labute approximate surface area is 118 Å². The molecule has 0 spiro atoms. The fraction of sp³-hybridized carbons (Fsp3) is 0.143. The number of hydrogen-bond donors (Lipinski definition) is 1. The van der Waals surface area contributed by atoms with Gasteiger partial charge in [0.1, 0.15) is 17.4 Å². The predicted octanol–water partition coefficient (Wildman–Crippen LogP) is 4.35. The van der Waals surface area contributed by atoms with Gasteiger partial charge >= 0.3 is 0 Å². The van der Waals surface area contributed by atoms with Gasteiger partial charge in [-0.3, -0.25) is 0 Å². The van der Waals surface area contributed by atoms with Crippen molar-refractivity contribution in [2.24, 2.45) is 0 Å². The van der Waals surface area contributed by atoms with Gasteiger partial charge in [-0.05, 0) is 39.7 Å². The number of benzene rings is 2. The average Bonchev–Trinajstić information content (AvgIpc) is 2.42. The lowest BCUT2D eigenvalue weighted by Gasteiger charge is -2.10. The Morgan fingerprint density at radius 2 is 1.95 bits per heavy atom. The van der Waals surface area contributed by atoms with Crippen LogP contribution in [0.1, 0.15) is 5.56 Å².